The van der Waals surface area contributed by atoms with Crippen molar-refractivity contribution in [2.24, 2.45) is 0 Å². The van der Waals surface area contributed by atoms with Crippen molar-refractivity contribution in [1.82, 2.24) is 20.1 Å². The van der Waals surface area contributed by atoms with Crippen LogP contribution in [-0.2, 0) is 11.2 Å². The molecule has 0 bridgehead atoms. The summed E-state index contributed by atoms with van der Waals surface area (Å²) >= 11 is 1.83. The number of hydrogen-bond acceptors (Lipinski definition) is 5. The van der Waals surface area contributed by atoms with Gasteiger partial charge in [0, 0.05) is 37.4 Å². The molecule has 2 N–H and O–H groups in total. The average molecular weight is 270 g/mol. The molecule has 98 valence electrons. The summed E-state index contributed by atoms with van der Waals surface area (Å²) in [5.74, 6) is 1.95. The van der Waals surface area contributed by atoms with E-state index in [0.717, 1.165) is 24.6 Å². The molecule has 1 saturated heterocycles. The van der Waals surface area contributed by atoms with Gasteiger partial charge in [0.1, 0.15) is 5.69 Å². The Hall–Kier alpha value is -1.57. The highest BCUT2D eigenvalue weighted by Gasteiger charge is 2.17. The van der Waals surface area contributed by atoms with Crippen LogP contribution in [-0.4, -0.2) is 50.6 Å². The van der Waals surface area contributed by atoms with E-state index in [9.17, 15) is 14.4 Å². The van der Waals surface area contributed by atoms with E-state index >= 15 is 0 Å². The van der Waals surface area contributed by atoms with Crippen LogP contribution in [0.5, 0.6) is 0 Å². The Morgan fingerprint density at radius 2 is 2.06 bits per heavy atom. The van der Waals surface area contributed by atoms with Crippen molar-refractivity contribution in [1.29, 1.82) is 0 Å². The first kappa shape index (κ1) is 12.9. The van der Waals surface area contributed by atoms with Crippen LogP contribution in [0.15, 0.2) is 9.59 Å². The number of rotatable bonds is 3. The van der Waals surface area contributed by atoms with Crippen LogP contribution in [0.2, 0.25) is 0 Å². The summed E-state index contributed by atoms with van der Waals surface area (Å²) in [5.41, 5.74) is -0.974. The molecule has 1 aromatic rings. The summed E-state index contributed by atoms with van der Waals surface area (Å²) < 4.78 is 0. The highest BCUT2D eigenvalue weighted by atomic mass is 32.2. The van der Waals surface area contributed by atoms with Gasteiger partial charge in [0.2, 0.25) is 5.91 Å². The second kappa shape index (κ2) is 5.85. The molecule has 0 saturated carbocycles. The van der Waals surface area contributed by atoms with Gasteiger partial charge in [-0.25, -0.2) is 9.89 Å². The fourth-order valence-corrected chi connectivity index (χ4v) is 2.64. The molecule has 2 heterocycles. The van der Waals surface area contributed by atoms with Crippen molar-refractivity contribution in [3.8, 4) is 0 Å². The van der Waals surface area contributed by atoms with Crippen molar-refractivity contribution in [3.63, 3.8) is 0 Å². The quantitative estimate of drug-likeness (QED) is 0.731. The monoisotopic (exact) mass is 270 g/mol. The van der Waals surface area contributed by atoms with Gasteiger partial charge >= 0.3 is 5.69 Å². The third-order valence-electron chi connectivity index (χ3n) is 2.72. The SMILES string of the molecule is O=C(CCc1n[nH]c(=O)[nH]c1=O)N1CCSCC1. The number of carbonyl (C=O) groups excluding carboxylic acids is 1. The number of nitrogens with one attached hydrogen (secondary N) is 2. The standard InChI is InChI=1S/C10H14N4O3S/c15-8(14-3-5-18-6-4-14)2-1-7-9(16)11-10(17)13-12-7/h1-6H2,(H2,11,13,16,17). The van der Waals surface area contributed by atoms with Gasteiger partial charge in [-0.05, 0) is 0 Å². The maximum Gasteiger partial charge on any atom is 0.342 e. The summed E-state index contributed by atoms with van der Waals surface area (Å²) in [4.78, 5) is 37.9. The summed E-state index contributed by atoms with van der Waals surface area (Å²) in [6.45, 7) is 1.53. The van der Waals surface area contributed by atoms with Crippen LogP contribution in [0.4, 0.5) is 0 Å². The fourth-order valence-electron chi connectivity index (χ4n) is 1.74. The van der Waals surface area contributed by atoms with Crippen molar-refractivity contribution in [2.75, 3.05) is 24.6 Å². The first-order valence-electron chi connectivity index (χ1n) is 5.70. The Labute approximate surface area is 107 Å². The molecule has 1 fully saturated rings. The van der Waals surface area contributed by atoms with Crippen molar-refractivity contribution in [2.45, 2.75) is 12.8 Å². The minimum Gasteiger partial charge on any atom is -0.341 e. The zero-order valence-corrected chi connectivity index (χ0v) is 10.6. The molecule has 0 aliphatic carbocycles. The Bertz CT molecular complexity index is 532. The molecule has 0 spiro atoms. The lowest BCUT2D eigenvalue weighted by molar-refractivity contribution is -0.130. The van der Waals surface area contributed by atoms with Crippen LogP contribution in [0, 0.1) is 0 Å². The molecular weight excluding hydrogens is 256 g/mol. The maximum absolute atomic E-state index is 11.9. The van der Waals surface area contributed by atoms with Gasteiger partial charge in [-0.3, -0.25) is 14.6 Å². The normalized spacial score (nSPS) is 15.7. The molecule has 18 heavy (non-hydrogen) atoms. The minimum absolute atomic E-state index is 0.0303. The predicted molar refractivity (Wildman–Crippen MR) is 67.7 cm³/mol. The lowest BCUT2D eigenvalue weighted by Gasteiger charge is -2.26. The Kier molecular flexibility index (Phi) is 4.19. The second-order valence-electron chi connectivity index (χ2n) is 3.95. The molecule has 7 nitrogen and oxygen atoms in total. The first-order chi connectivity index (χ1) is 8.66. The van der Waals surface area contributed by atoms with Gasteiger partial charge in [0.25, 0.3) is 5.56 Å². The Balaban J connectivity index is 1.92. The number of aryl methyl sites for hydroxylation is 1. The van der Waals surface area contributed by atoms with E-state index in [4.69, 9.17) is 0 Å². The van der Waals surface area contributed by atoms with Gasteiger partial charge < -0.3 is 4.90 Å². The van der Waals surface area contributed by atoms with Crippen LogP contribution >= 0.6 is 11.8 Å². The van der Waals surface area contributed by atoms with Crippen molar-refractivity contribution < 1.29 is 4.79 Å². The highest BCUT2D eigenvalue weighted by molar-refractivity contribution is 7.99. The number of hydrogen-bond donors (Lipinski definition) is 2. The summed E-state index contributed by atoms with van der Waals surface area (Å²) in [7, 11) is 0. The van der Waals surface area contributed by atoms with Crippen molar-refractivity contribution in [3.05, 3.63) is 26.5 Å². The van der Waals surface area contributed by atoms with Gasteiger partial charge in [0.05, 0.1) is 0 Å². The summed E-state index contributed by atoms with van der Waals surface area (Å²) in [6, 6.07) is 0. The van der Waals surface area contributed by atoms with Crippen LogP contribution < -0.4 is 11.2 Å². The summed E-state index contributed by atoms with van der Waals surface area (Å²) in [5, 5.41) is 5.79. The lowest BCUT2D eigenvalue weighted by Crippen LogP contribution is -2.38. The molecule has 1 aliphatic heterocycles. The maximum atomic E-state index is 11.9. The molecule has 0 atom stereocenters. The zero-order valence-electron chi connectivity index (χ0n) is 9.77. The van der Waals surface area contributed by atoms with E-state index < -0.39 is 11.2 Å². The van der Waals surface area contributed by atoms with Crippen molar-refractivity contribution >= 4 is 17.7 Å². The number of aromatic amines is 2. The molecular formula is C10H14N4O3S. The van der Waals surface area contributed by atoms with E-state index in [-0.39, 0.29) is 24.4 Å². The van der Waals surface area contributed by atoms with E-state index in [1.165, 1.54) is 0 Å². The van der Waals surface area contributed by atoms with E-state index in [1.807, 2.05) is 11.8 Å². The van der Waals surface area contributed by atoms with E-state index in [0.29, 0.717) is 0 Å². The molecule has 1 aliphatic rings. The number of aromatic nitrogens is 3. The van der Waals surface area contributed by atoms with Gasteiger partial charge in [-0.15, -0.1) is 0 Å². The molecule has 0 radical (unpaired) electrons. The zero-order chi connectivity index (χ0) is 13.0. The van der Waals surface area contributed by atoms with Crippen LogP contribution in [0.1, 0.15) is 12.1 Å². The van der Waals surface area contributed by atoms with E-state index in [2.05, 4.69) is 15.2 Å². The number of carbonyl (C=O) groups is 1. The van der Waals surface area contributed by atoms with E-state index in [1.54, 1.807) is 4.90 Å². The Morgan fingerprint density at radius 3 is 2.72 bits per heavy atom. The number of amides is 1. The predicted octanol–water partition coefficient (Wildman–Crippen LogP) is -1.03. The van der Waals surface area contributed by atoms with Crippen LogP contribution in [0.25, 0.3) is 0 Å². The number of nitrogens with zero attached hydrogens (tertiary/aromatic N) is 2. The van der Waals surface area contributed by atoms with Gasteiger partial charge in [-0.1, -0.05) is 0 Å². The lowest BCUT2D eigenvalue weighted by atomic mass is 10.2. The highest BCUT2D eigenvalue weighted by Crippen LogP contribution is 2.10. The molecule has 1 aromatic heterocycles. The third kappa shape index (κ3) is 3.22. The summed E-state index contributed by atoms with van der Waals surface area (Å²) in [6.07, 6.45) is 0.487. The topological polar surface area (TPSA) is 98.9 Å². The molecule has 2 rings (SSSR count). The van der Waals surface area contributed by atoms with Crippen LogP contribution in [0.3, 0.4) is 0 Å². The number of H-pyrrole nitrogens is 2. The molecule has 0 unspecified atom stereocenters. The fraction of sp³-hybridized carbons (Fsp3) is 0.600. The largest absolute Gasteiger partial charge is 0.342 e. The van der Waals surface area contributed by atoms with Gasteiger partial charge in [0.15, 0.2) is 0 Å². The second-order valence-corrected chi connectivity index (χ2v) is 5.17. The molecule has 1 amide bonds. The number of thioether (sulfide) groups is 1. The third-order valence-corrected chi connectivity index (χ3v) is 3.66. The smallest absolute Gasteiger partial charge is 0.341 e. The molecule has 8 heteroatoms. The van der Waals surface area contributed by atoms with Gasteiger partial charge in [-0.2, -0.15) is 16.9 Å². The Morgan fingerprint density at radius 1 is 1.33 bits per heavy atom. The first-order valence-corrected chi connectivity index (χ1v) is 6.85. The average Bonchev–Trinajstić information content (AvgIpc) is 2.38. The minimum atomic E-state index is -0.636. The molecule has 0 aromatic carbocycles.